The molecule has 0 spiro atoms. The molecule has 18 heavy (non-hydrogen) atoms. The van der Waals surface area contributed by atoms with Crippen molar-refractivity contribution < 1.29 is 18.3 Å². The Morgan fingerprint density at radius 3 is 2.50 bits per heavy atom. The van der Waals surface area contributed by atoms with Crippen molar-refractivity contribution in [2.75, 3.05) is 6.54 Å². The molecule has 2 N–H and O–H groups in total. The average Bonchev–Trinajstić information content (AvgIpc) is 2.28. The number of benzene rings is 1. The molecule has 1 aliphatic heterocycles. The van der Waals surface area contributed by atoms with Crippen LogP contribution in [0.2, 0.25) is 0 Å². The van der Waals surface area contributed by atoms with Crippen LogP contribution >= 0.6 is 15.9 Å². The molecular formula is C12H13BrF3NO. The highest BCUT2D eigenvalue weighted by molar-refractivity contribution is 9.10. The van der Waals surface area contributed by atoms with E-state index in [0.717, 1.165) is 37.9 Å². The maximum absolute atomic E-state index is 12.6. The highest BCUT2D eigenvalue weighted by atomic mass is 79.9. The Morgan fingerprint density at radius 1 is 1.28 bits per heavy atom. The van der Waals surface area contributed by atoms with Gasteiger partial charge in [-0.2, -0.15) is 13.2 Å². The number of piperidine rings is 1. The van der Waals surface area contributed by atoms with E-state index in [1.807, 2.05) is 0 Å². The van der Waals surface area contributed by atoms with Crippen LogP contribution in [0.1, 0.15) is 36.4 Å². The molecular weight excluding hydrogens is 311 g/mol. The molecule has 1 saturated heterocycles. The van der Waals surface area contributed by atoms with Gasteiger partial charge < -0.3 is 10.4 Å². The summed E-state index contributed by atoms with van der Waals surface area (Å²) in [6.07, 6.45) is -1.57. The van der Waals surface area contributed by atoms with Crippen molar-refractivity contribution in [3.8, 4) is 5.75 Å². The van der Waals surface area contributed by atoms with E-state index in [0.29, 0.717) is 10.0 Å². The van der Waals surface area contributed by atoms with Crippen LogP contribution in [0.5, 0.6) is 5.75 Å². The molecule has 0 aliphatic carbocycles. The summed E-state index contributed by atoms with van der Waals surface area (Å²) in [5.41, 5.74) is -0.325. The van der Waals surface area contributed by atoms with E-state index in [9.17, 15) is 18.3 Å². The monoisotopic (exact) mass is 323 g/mol. The van der Waals surface area contributed by atoms with Gasteiger partial charge in [0, 0.05) is 16.1 Å². The number of aromatic hydroxyl groups is 1. The molecule has 100 valence electrons. The molecule has 1 aliphatic rings. The molecule has 1 aromatic carbocycles. The lowest BCUT2D eigenvalue weighted by atomic mass is 9.95. The van der Waals surface area contributed by atoms with Crippen LogP contribution in [0.4, 0.5) is 13.2 Å². The molecule has 1 aromatic rings. The first-order valence-electron chi connectivity index (χ1n) is 5.72. The summed E-state index contributed by atoms with van der Waals surface area (Å²) in [4.78, 5) is 0. The van der Waals surface area contributed by atoms with Gasteiger partial charge in [-0.1, -0.05) is 22.4 Å². The van der Waals surface area contributed by atoms with Gasteiger partial charge >= 0.3 is 6.18 Å². The van der Waals surface area contributed by atoms with Gasteiger partial charge in [0.05, 0.1) is 5.56 Å². The largest absolute Gasteiger partial charge is 0.508 e. The number of phenolic OH excluding ortho intramolecular Hbond substituents is 1. The number of hydrogen-bond acceptors (Lipinski definition) is 2. The van der Waals surface area contributed by atoms with Gasteiger partial charge in [-0.15, -0.1) is 0 Å². The third-order valence-electron chi connectivity index (χ3n) is 3.09. The van der Waals surface area contributed by atoms with Crippen LogP contribution in [-0.4, -0.2) is 11.7 Å². The number of rotatable bonds is 1. The lowest BCUT2D eigenvalue weighted by molar-refractivity contribution is -0.137. The smallest absolute Gasteiger partial charge is 0.416 e. The second kappa shape index (κ2) is 5.09. The summed E-state index contributed by atoms with van der Waals surface area (Å²) >= 11 is 3.13. The van der Waals surface area contributed by atoms with Crippen molar-refractivity contribution in [2.24, 2.45) is 0 Å². The highest BCUT2D eigenvalue weighted by Gasteiger charge is 2.33. The predicted octanol–water partition coefficient (Wildman–Crippen LogP) is 3.99. The van der Waals surface area contributed by atoms with E-state index in [1.165, 1.54) is 0 Å². The molecule has 0 saturated carbocycles. The maximum atomic E-state index is 12.6. The Labute approximate surface area is 111 Å². The van der Waals surface area contributed by atoms with Crippen molar-refractivity contribution in [2.45, 2.75) is 31.5 Å². The Kier molecular flexibility index (Phi) is 3.87. The Bertz CT molecular complexity index is 418. The third-order valence-corrected chi connectivity index (χ3v) is 3.75. The minimum Gasteiger partial charge on any atom is -0.508 e. The van der Waals surface area contributed by atoms with E-state index in [-0.39, 0.29) is 11.8 Å². The minimum atomic E-state index is -4.45. The van der Waals surface area contributed by atoms with E-state index < -0.39 is 11.7 Å². The van der Waals surface area contributed by atoms with Gasteiger partial charge in [0.25, 0.3) is 0 Å². The van der Waals surface area contributed by atoms with Crippen molar-refractivity contribution in [3.05, 3.63) is 27.7 Å². The summed E-state index contributed by atoms with van der Waals surface area (Å²) in [7, 11) is 0. The molecule has 1 heterocycles. The third kappa shape index (κ3) is 2.80. The minimum absolute atomic E-state index is 0.0876. The molecule has 2 nitrogen and oxygen atoms in total. The maximum Gasteiger partial charge on any atom is 0.416 e. The second-order valence-corrected chi connectivity index (χ2v) is 5.25. The fraction of sp³-hybridized carbons (Fsp3) is 0.500. The summed E-state index contributed by atoms with van der Waals surface area (Å²) < 4.78 is 38.0. The van der Waals surface area contributed by atoms with Gasteiger partial charge in [0.1, 0.15) is 5.75 Å². The zero-order chi connectivity index (χ0) is 13.3. The van der Waals surface area contributed by atoms with Crippen LogP contribution in [0, 0.1) is 0 Å². The predicted molar refractivity (Wildman–Crippen MR) is 65.4 cm³/mol. The van der Waals surface area contributed by atoms with Crippen molar-refractivity contribution >= 4 is 15.9 Å². The molecule has 0 amide bonds. The quantitative estimate of drug-likeness (QED) is 0.819. The van der Waals surface area contributed by atoms with Crippen LogP contribution in [0.25, 0.3) is 0 Å². The highest BCUT2D eigenvalue weighted by Crippen LogP contribution is 2.40. The number of phenols is 1. The van der Waals surface area contributed by atoms with Gasteiger partial charge in [-0.3, -0.25) is 0 Å². The number of nitrogens with one attached hydrogen (secondary N) is 1. The Morgan fingerprint density at radius 2 is 2.00 bits per heavy atom. The lowest BCUT2D eigenvalue weighted by Gasteiger charge is -2.26. The Balaban J connectivity index is 2.37. The number of hydrogen-bond donors (Lipinski definition) is 2. The molecule has 2 rings (SSSR count). The van der Waals surface area contributed by atoms with Crippen LogP contribution in [0.15, 0.2) is 16.6 Å². The van der Waals surface area contributed by atoms with Gasteiger partial charge in [-0.05, 0) is 31.5 Å². The first kappa shape index (κ1) is 13.7. The van der Waals surface area contributed by atoms with E-state index in [1.54, 1.807) is 0 Å². The first-order valence-corrected chi connectivity index (χ1v) is 6.52. The lowest BCUT2D eigenvalue weighted by Crippen LogP contribution is -2.27. The average molecular weight is 324 g/mol. The van der Waals surface area contributed by atoms with E-state index >= 15 is 0 Å². The van der Waals surface area contributed by atoms with Gasteiger partial charge in [0.2, 0.25) is 0 Å². The summed E-state index contributed by atoms with van der Waals surface area (Å²) in [5, 5.41) is 13.0. The zero-order valence-electron chi connectivity index (χ0n) is 9.52. The van der Waals surface area contributed by atoms with E-state index in [4.69, 9.17) is 0 Å². The molecule has 0 aromatic heterocycles. The Hall–Kier alpha value is -0.750. The fourth-order valence-electron chi connectivity index (χ4n) is 2.21. The number of halogens is 4. The van der Waals surface area contributed by atoms with Crippen LogP contribution in [0.3, 0.4) is 0 Å². The van der Waals surface area contributed by atoms with E-state index in [2.05, 4.69) is 21.2 Å². The van der Waals surface area contributed by atoms with Gasteiger partial charge in [0.15, 0.2) is 0 Å². The first-order chi connectivity index (χ1) is 8.39. The van der Waals surface area contributed by atoms with Crippen LogP contribution in [-0.2, 0) is 6.18 Å². The van der Waals surface area contributed by atoms with Crippen molar-refractivity contribution in [3.63, 3.8) is 0 Å². The SMILES string of the molecule is Oc1cc(C(F)(F)F)cc(Br)c1C1CCCCN1. The molecule has 6 heteroatoms. The summed E-state index contributed by atoms with van der Waals surface area (Å²) in [6.45, 7) is 0.817. The molecule has 1 unspecified atom stereocenters. The molecule has 1 atom stereocenters. The van der Waals surface area contributed by atoms with Crippen molar-refractivity contribution in [1.82, 2.24) is 5.32 Å². The molecule has 1 fully saturated rings. The van der Waals surface area contributed by atoms with Gasteiger partial charge in [-0.25, -0.2) is 0 Å². The molecule has 0 radical (unpaired) electrons. The summed E-state index contributed by atoms with van der Waals surface area (Å²) in [5.74, 6) is -0.309. The second-order valence-electron chi connectivity index (χ2n) is 4.39. The molecule has 0 bridgehead atoms. The topological polar surface area (TPSA) is 32.3 Å². The standard InChI is InChI=1S/C12H13BrF3NO/c13-8-5-7(12(14,15)16)6-10(18)11(8)9-3-1-2-4-17-9/h5-6,9,17-18H,1-4H2. The normalized spacial score (nSPS) is 21.0. The van der Waals surface area contributed by atoms with Crippen molar-refractivity contribution in [1.29, 1.82) is 0 Å². The number of alkyl halides is 3. The zero-order valence-corrected chi connectivity index (χ0v) is 11.1. The summed E-state index contributed by atoms with van der Waals surface area (Å²) in [6, 6.07) is 1.72. The fourth-order valence-corrected chi connectivity index (χ4v) is 2.94. The van der Waals surface area contributed by atoms with Crippen LogP contribution < -0.4 is 5.32 Å².